The van der Waals surface area contributed by atoms with Crippen LogP contribution in [0.25, 0.3) is 0 Å². The number of anilines is 1. The molecule has 1 unspecified atom stereocenters. The van der Waals surface area contributed by atoms with Crippen molar-refractivity contribution in [3.05, 3.63) is 40.1 Å². The van der Waals surface area contributed by atoms with E-state index >= 15 is 0 Å². The lowest BCUT2D eigenvalue weighted by atomic mass is 9.99. The summed E-state index contributed by atoms with van der Waals surface area (Å²) in [5.41, 5.74) is 0.494. The highest BCUT2D eigenvalue weighted by molar-refractivity contribution is 7.13. The molecule has 7 nitrogen and oxygen atoms in total. The molecule has 1 saturated heterocycles. The van der Waals surface area contributed by atoms with Crippen molar-refractivity contribution in [1.82, 2.24) is 20.4 Å². The highest BCUT2D eigenvalue weighted by Gasteiger charge is 2.27. The van der Waals surface area contributed by atoms with Crippen LogP contribution in [0.3, 0.4) is 0 Å². The van der Waals surface area contributed by atoms with Crippen molar-refractivity contribution in [1.29, 1.82) is 0 Å². The van der Waals surface area contributed by atoms with Crippen LogP contribution in [0.15, 0.2) is 24.3 Å². The number of likely N-dealkylation sites (tertiary alicyclic amines) is 1. The van der Waals surface area contributed by atoms with Gasteiger partial charge in [0.25, 0.3) is 5.91 Å². The summed E-state index contributed by atoms with van der Waals surface area (Å²) in [7, 11) is 0. The van der Waals surface area contributed by atoms with Crippen molar-refractivity contribution in [2.24, 2.45) is 0 Å². The number of nitrogens with one attached hydrogen (secondary N) is 2. The van der Waals surface area contributed by atoms with Gasteiger partial charge in [0.2, 0.25) is 5.01 Å². The number of urea groups is 1. The van der Waals surface area contributed by atoms with E-state index in [1.807, 2.05) is 6.92 Å². The molecule has 3 rings (SSSR count). The third-order valence-corrected chi connectivity index (χ3v) is 5.21. The van der Waals surface area contributed by atoms with Crippen LogP contribution >= 0.6 is 11.3 Å². The average Bonchev–Trinajstić information content (AvgIpc) is 3.14. The summed E-state index contributed by atoms with van der Waals surface area (Å²) < 4.78 is 12.9. The smallest absolute Gasteiger partial charge is 0.317 e. The molecule has 1 fully saturated rings. The van der Waals surface area contributed by atoms with Gasteiger partial charge in [-0.1, -0.05) is 11.3 Å². The molecule has 0 radical (unpaired) electrons. The van der Waals surface area contributed by atoms with Gasteiger partial charge in [-0.3, -0.25) is 4.79 Å². The predicted molar refractivity (Wildman–Crippen MR) is 96.9 cm³/mol. The molecule has 26 heavy (non-hydrogen) atoms. The molecule has 0 bridgehead atoms. The van der Waals surface area contributed by atoms with E-state index in [0.29, 0.717) is 18.8 Å². The third-order valence-electron chi connectivity index (χ3n) is 4.12. The summed E-state index contributed by atoms with van der Waals surface area (Å²) >= 11 is 1.23. The van der Waals surface area contributed by atoms with Gasteiger partial charge >= 0.3 is 6.03 Å². The lowest BCUT2D eigenvalue weighted by molar-refractivity contribution is 0.102. The summed E-state index contributed by atoms with van der Waals surface area (Å²) in [6, 6.07) is 5.45. The largest absolute Gasteiger partial charge is 0.338 e. The number of rotatable bonds is 4. The van der Waals surface area contributed by atoms with Gasteiger partial charge in [0.1, 0.15) is 10.8 Å². The molecule has 0 saturated carbocycles. The predicted octanol–water partition coefficient (Wildman–Crippen LogP) is 2.84. The van der Waals surface area contributed by atoms with Crippen molar-refractivity contribution >= 4 is 29.0 Å². The molecule has 3 amide bonds. The lowest BCUT2D eigenvalue weighted by Gasteiger charge is -2.31. The lowest BCUT2D eigenvalue weighted by Crippen LogP contribution is -2.44. The van der Waals surface area contributed by atoms with Crippen LogP contribution in [0.5, 0.6) is 0 Å². The maximum absolute atomic E-state index is 12.9. The Balaban J connectivity index is 1.64. The Kier molecular flexibility index (Phi) is 5.77. The van der Waals surface area contributed by atoms with E-state index in [-0.39, 0.29) is 28.7 Å². The average molecular weight is 377 g/mol. The summed E-state index contributed by atoms with van der Waals surface area (Å²) in [5, 5.41) is 14.6. The van der Waals surface area contributed by atoms with E-state index < -0.39 is 0 Å². The Morgan fingerprint density at radius 2 is 2.08 bits per heavy atom. The number of carbonyl (C=O) groups is 2. The zero-order valence-corrected chi connectivity index (χ0v) is 15.2. The van der Waals surface area contributed by atoms with E-state index in [1.54, 1.807) is 4.90 Å². The first-order valence-corrected chi connectivity index (χ1v) is 9.31. The molecular formula is C17H20FN5O2S. The molecule has 9 heteroatoms. The number of benzene rings is 1. The van der Waals surface area contributed by atoms with Crippen molar-refractivity contribution in [2.75, 3.05) is 25.0 Å². The highest BCUT2D eigenvalue weighted by Crippen LogP contribution is 2.29. The van der Waals surface area contributed by atoms with Crippen LogP contribution in [0.1, 0.15) is 40.5 Å². The van der Waals surface area contributed by atoms with Crippen LogP contribution in [-0.2, 0) is 0 Å². The number of halogens is 1. The molecule has 1 atom stereocenters. The quantitative estimate of drug-likeness (QED) is 0.858. The van der Waals surface area contributed by atoms with Crippen LogP contribution in [0.4, 0.5) is 14.9 Å². The topological polar surface area (TPSA) is 87.2 Å². The van der Waals surface area contributed by atoms with Crippen molar-refractivity contribution in [2.45, 2.75) is 25.7 Å². The van der Waals surface area contributed by atoms with Gasteiger partial charge in [-0.2, -0.15) is 0 Å². The first-order chi connectivity index (χ1) is 12.6. The van der Waals surface area contributed by atoms with Crippen molar-refractivity contribution in [3.63, 3.8) is 0 Å². The summed E-state index contributed by atoms with van der Waals surface area (Å²) in [6.45, 7) is 3.77. The molecule has 2 heterocycles. The second-order valence-corrected chi connectivity index (χ2v) is 7.04. The third kappa shape index (κ3) is 4.34. The summed E-state index contributed by atoms with van der Waals surface area (Å²) in [6.07, 6.45) is 1.79. The fourth-order valence-corrected chi connectivity index (χ4v) is 3.70. The molecule has 1 aromatic heterocycles. The first kappa shape index (κ1) is 18.2. The normalized spacial score (nSPS) is 17.0. The van der Waals surface area contributed by atoms with Crippen molar-refractivity contribution in [3.8, 4) is 0 Å². The molecule has 1 aliphatic heterocycles. The Labute approximate surface area is 154 Å². The molecule has 1 aromatic carbocycles. The Hall–Kier alpha value is -2.55. The minimum absolute atomic E-state index is 0.0732. The maximum atomic E-state index is 12.9. The molecule has 138 valence electrons. The van der Waals surface area contributed by atoms with Gasteiger partial charge in [0.15, 0.2) is 0 Å². The fourth-order valence-electron chi connectivity index (χ4n) is 2.84. The number of piperidine rings is 1. The Bertz CT molecular complexity index is 780. The minimum atomic E-state index is -0.378. The monoisotopic (exact) mass is 377 g/mol. The van der Waals surface area contributed by atoms with Crippen LogP contribution < -0.4 is 10.6 Å². The number of hydrogen-bond donors (Lipinski definition) is 2. The van der Waals surface area contributed by atoms with E-state index in [2.05, 4.69) is 20.8 Å². The molecule has 0 spiro atoms. The van der Waals surface area contributed by atoms with E-state index in [0.717, 1.165) is 24.4 Å². The molecule has 0 aliphatic carbocycles. The Morgan fingerprint density at radius 3 is 2.81 bits per heavy atom. The molecular weight excluding hydrogens is 357 g/mol. The minimum Gasteiger partial charge on any atom is -0.338 e. The van der Waals surface area contributed by atoms with E-state index in [4.69, 9.17) is 0 Å². The maximum Gasteiger partial charge on any atom is 0.317 e. The fraction of sp³-hybridized carbons (Fsp3) is 0.412. The second kappa shape index (κ2) is 8.22. The number of amides is 3. The van der Waals surface area contributed by atoms with Gasteiger partial charge < -0.3 is 15.5 Å². The molecule has 2 aromatic rings. The molecule has 1 aliphatic rings. The zero-order chi connectivity index (χ0) is 18.5. The highest BCUT2D eigenvalue weighted by atomic mass is 32.1. The number of aromatic nitrogens is 2. The standard InChI is InChI=1S/C17H20FN5O2S/c1-2-19-17(25)23-9-3-4-11(10-23)15-21-22-16(26-15)14(24)20-13-7-5-12(18)6-8-13/h5-8,11H,2-4,9-10H2,1H3,(H,19,25)(H,20,24). The van der Waals surface area contributed by atoms with Crippen molar-refractivity contribution < 1.29 is 14.0 Å². The van der Waals surface area contributed by atoms with Gasteiger partial charge in [-0.15, -0.1) is 10.2 Å². The van der Waals surface area contributed by atoms with Gasteiger partial charge in [0.05, 0.1) is 0 Å². The van der Waals surface area contributed by atoms with Crippen LogP contribution in [-0.4, -0.2) is 46.7 Å². The van der Waals surface area contributed by atoms with E-state index in [1.165, 1.54) is 35.6 Å². The summed E-state index contributed by atoms with van der Waals surface area (Å²) in [5.74, 6) is -0.664. The van der Waals surface area contributed by atoms with Crippen LogP contribution in [0, 0.1) is 5.82 Å². The number of nitrogens with zero attached hydrogens (tertiary/aromatic N) is 3. The van der Waals surface area contributed by atoms with Crippen LogP contribution in [0.2, 0.25) is 0 Å². The SMILES string of the molecule is CCNC(=O)N1CCCC(c2nnc(C(=O)Nc3ccc(F)cc3)s2)C1. The zero-order valence-electron chi connectivity index (χ0n) is 14.4. The van der Waals surface area contributed by atoms with Gasteiger partial charge in [-0.05, 0) is 44.0 Å². The van der Waals surface area contributed by atoms with E-state index in [9.17, 15) is 14.0 Å². The first-order valence-electron chi connectivity index (χ1n) is 8.50. The number of carbonyl (C=O) groups excluding carboxylic acids is 2. The summed E-state index contributed by atoms with van der Waals surface area (Å²) in [4.78, 5) is 26.1. The molecule has 2 N–H and O–H groups in total. The second-order valence-electron chi connectivity index (χ2n) is 6.03. The van der Waals surface area contributed by atoms with Gasteiger partial charge in [0, 0.05) is 31.2 Å². The van der Waals surface area contributed by atoms with Gasteiger partial charge in [-0.25, -0.2) is 9.18 Å². The Morgan fingerprint density at radius 1 is 1.31 bits per heavy atom. The number of hydrogen-bond acceptors (Lipinski definition) is 5.